The number of aryl methyl sites for hydroxylation is 1. The smallest absolute Gasteiger partial charge is 0.225 e. The van der Waals surface area contributed by atoms with Crippen LogP contribution in [0.25, 0.3) is 11.3 Å². The molecule has 2 aliphatic heterocycles. The number of likely N-dealkylation sites (tertiary alicyclic amines) is 1. The minimum absolute atomic E-state index is 0.119. The second-order valence-corrected chi connectivity index (χ2v) is 9.51. The molecule has 8 heteroatoms. The summed E-state index contributed by atoms with van der Waals surface area (Å²) >= 11 is 0. The lowest BCUT2D eigenvalue weighted by molar-refractivity contribution is -0.134. The highest BCUT2D eigenvalue weighted by atomic mass is 16.5. The summed E-state index contributed by atoms with van der Waals surface area (Å²) in [6.45, 7) is 4.46. The molecule has 3 fully saturated rings. The molecule has 1 atom stereocenters. The Labute approximate surface area is 177 Å². The molecule has 1 spiro atoms. The van der Waals surface area contributed by atoms with E-state index in [1.165, 1.54) is 25.7 Å². The zero-order valence-corrected chi connectivity index (χ0v) is 18.1. The Hall–Kier alpha value is -2.22. The first-order valence-corrected chi connectivity index (χ1v) is 11.3. The highest BCUT2D eigenvalue weighted by molar-refractivity contribution is 5.76. The summed E-state index contributed by atoms with van der Waals surface area (Å²) in [5, 5.41) is 13.0. The van der Waals surface area contributed by atoms with Crippen LogP contribution >= 0.6 is 0 Å². The number of hydrogen-bond donors (Lipinski definition) is 0. The van der Waals surface area contributed by atoms with Crippen LogP contribution in [0.5, 0.6) is 0 Å². The normalized spacial score (nSPS) is 24.2. The lowest BCUT2D eigenvalue weighted by Gasteiger charge is -2.32. The fraction of sp³-hybridized carbons (Fsp3) is 0.727. The van der Waals surface area contributed by atoms with Gasteiger partial charge >= 0.3 is 0 Å². The Kier molecular flexibility index (Phi) is 5.13. The molecule has 3 aliphatic rings. The van der Waals surface area contributed by atoms with Gasteiger partial charge in [0.15, 0.2) is 0 Å². The van der Waals surface area contributed by atoms with Gasteiger partial charge < -0.3 is 9.64 Å². The van der Waals surface area contributed by atoms with Gasteiger partial charge in [0.25, 0.3) is 0 Å². The summed E-state index contributed by atoms with van der Waals surface area (Å²) in [5.74, 6) is 0.249. The van der Waals surface area contributed by atoms with E-state index in [2.05, 4.69) is 15.4 Å². The van der Waals surface area contributed by atoms with Gasteiger partial charge in [0.2, 0.25) is 5.91 Å². The van der Waals surface area contributed by atoms with E-state index >= 15 is 0 Å². The SMILES string of the molecule is Cc1c(-c2cn(C3CCN(C(=O)CC4CC5(CCCC5)CO4)CC3)nn2)cnn1C. The molecule has 2 saturated heterocycles. The molecular formula is C22H32N6O2. The van der Waals surface area contributed by atoms with Crippen LogP contribution in [0.2, 0.25) is 0 Å². The molecule has 0 radical (unpaired) electrons. The maximum absolute atomic E-state index is 12.8. The third-order valence-corrected chi connectivity index (χ3v) is 7.57. The minimum Gasteiger partial charge on any atom is -0.377 e. The molecule has 162 valence electrons. The predicted octanol–water partition coefficient (Wildman–Crippen LogP) is 2.89. The van der Waals surface area contributed by atoms with E-state index in [-0.39, 0.29) is 18.1 Å². The molecule has 2 aromatic rings. The lowest BCUT2D eigenvalue weighted by atomic mass is 9.83. The number of rotatable bonds is 4. The van der Waals surface area contributed by atoms with Gasteiger partial charge in [-0.2, -0.15) is 5.10 Å². The Bertz CT molecular complexity index is 905. The van der Waals surface area contributed by atoms with Crippen molar-refractivity contribution in [2.45, 2.75) is 70.4 Å². The van der Waals surface area contributed by atoms with E-state index in [0.717, 1.165) is 55.9 Å². The Morgan fingerprint density at radius 2 is 2.03 bits per heavy atom. The predicted molar refractivity (Wildman–Crippen MR) is 112 cm³/mol. The third-order valence-electron chi connectivity index (χ3n) is 7.57. The van der Waals surface area contributed by atoms with Crippen molar-refractivity contribution in [3.8, 4) is 11.3 Å². The first-order chi connectivity index (χ1) is 14.5. The van der Waals surface area contributed by atoms with Gasteiger partial charge in [-0.05, 0) is 44.4 Å². The molecule has 1 saturated carbocycles. The van der Waals surface area contributed by atoms with E-state index in [1.807, 2.05) is 40.6 Å². The number of amides is 1. The number of nitrogens with zero attached hydrogens (tertiary/aromatic N) is 6. The van der Waals surface area contributed by atoms with Crippen molar-refractivity contribution < 1.29 is 9.53 Å². The van der Waals surface area contributed by atoms with Crippen LogP contribution in [-0.2, 0) is 16.6 Å². The summed E-state index contributed by atoms with van der Waals surface area (Å²) < 4.78 is 9.84. The molecule has 5 rings (SSSR count). The molecule has 1 amide bonds. The highest BCUT2D eigenvalue weighted by Gasteiger charge is 2.43. The largest absolute Gasteiger partial charge is 0.377 e. The molecule has 4 heterocycles. The molecular weight excluding hydrogens is 380 g/mol. The molecule has 1 unspecified atom stereocenters. The van der Waals surface area contributed by atoms with Crippen LogP contribution in [0.3, 0.4) is 0 Å². The second-order valence-electron chi connectivity index (χ2n) is 9.51. The molecule has 8 nitrogen and oxygen atoms in total. The monoisotopic (exact) mass is 412 g/mol. The molecule has 2 aromatic heterocycles. The van der Waals surface area contributed by atoms with Gasteiger partial charge in [0.05, 0.1) is 37.6 Å². The summed E-state index contributed by atoms with van der Waals surface area (Å²) in [4.78, 5) is 14.8. The highest BCUT2D eigenvalue weighted by Crippen LogP contribution is 2.47. The number of ether oxygens (including phenoxy) is 1. The van der Waals surface area contributed by atoms with Crippen LogP contribution in [0.4, 0.5) is 0 Å². The Balaban J connectivity index is 1.14. The standard InChI is InChI=1S/C22H32N6O2/c1-16-19(13-23-26(16)2)20-14-28(25-24-20)17-5-9-27(10-6-17)21(29)11-18-12-22(15-30-18)7-3-4-8-22/h13-14,17-18H,3-12,15H2,1-2H3. The van der Waals surface area contributed by atoms with Crippen LogP contribution < -0.4 is 0 Å². The second kappa shape index (κ2) is 7.80. The lowest BCUT2D eigenvalue weighted by Crippen LogP contribution is -2.40. The zero-order valence-electron chi connectivity index (χ0n) is 18.1. The third kappa shape index (κ3) is 3.66. The van der Waals surface area contributed by atoms with Crippen molar-refractivity contribution >= 4 is 5.91 Å². The van der Waals surface area contributed by atoms with Crippen molar-refractivity contribution in [2.75, 3.05) is 19.7 Å². The van der Waals surface area contributed by atoms with Crippen molar-refractivity contribution in [2.24, 2.45) is 12.5 Å². The summed E-state index contributed by atoms with van der Waals surface area (Å²) in [6, 6.07) is 0.289. The first-order valence-electron chi connectivity index (χ1n) is 11.3. The fourth-order valence-electron chi connectivity index (χ4n) is 5.53. The van der Waals surface area contributed by atoms with Crippen LogP contribution in [0.1, 0.15) is 63.1 Å². The summed E-state index contributed by atoms with van der Waals surface area (Å²) in [7, 11) is 1.93. The molecule has 0 bridgehead atoms. The van der Waals surface area contributed by atoms with Gasteiger partial charge in [-0.1, -0.05) is 18.1 Å². The van der Waals surface area contributed by atoms with Gasteiger partial charge in [-0.3, -0.25) is 9.48 Å². The van der Waals surface area contributed by atoms with Crippen molar-refractivity contribution in [3.05, 3.63) is 18.1 Å². The number of piperidine rings is 1. The molecule has 0 aromatic carbocycles. The number of carbonyl (C=O) groups is 1. The molecule has 0 N–H and O–H groups in total. The Morgan fingerprint density at radius 1 is 1.27 bits per heavy atom. The summed E-state index contributed by atoms with van der Waals surface area (Å²) in [5.41, 5.74) is 3.34. The maximum atomic E-state index is 12.8. The molecule has 30 heavy (non-hydrogen) atoms. The van der Waals surface area contributed by atoms with E-state index in [4.69, 9.17) is 4.74 Å². The average Bonchev–Trinajstić information content (AvgIpc) is 3.54. The van der Waals surface area contributed by atoms with Crippen molar-refractivity contribution in [1.82, 2.24) is 29.7 Å². The topological polar surface area (TPSA) is 78.1 Å². The van der Waals surface area contributed by atoms with E-state index in [9.17, 15) is 4.79 Å². The van der Waals surface area contributed by atoms with Crippen LogP contribution in [0, 0.1) is 12.3 Å². The average molecular weight is 413 g/mol. The van der Waals surface area contributed by atoms with Gasteiger partial charge in [0, 0.05) is 31.4 Å². The summed E-state index contributed by atoms with van der Waals surface area (Å²) in [6.07, 6.45) is 12.6. The van der Waals surface area contributed by atoms with Gasteiger partial charge in [-0.15, -0.1) is 5.10 Å². The zero-order chi connectivity index (χ0) is 20.7. The number of carbonyl (C=O) groups excluding carboxylic acids is 1. The number of aromatic nitrogens is 5. The van der Waals surface area contributed by atoms with Crippen LogP contribution in [0.15, 0.2) is 12.4 Å². The first kappa shape index (κ1) is 19.7. The fourth-order valence-corrected chi connectivity index (χ4v) is 5.53. The van der Waals surface area contributed by atoms with Crippen molar-refractivity contribution in [3.63, 3.8) is 0 Å². The Morgan fingerprint density at radius 3 is 2.73 bits per heavy atom. The number of hydrogen-bond acceptors (Lipinski definition) is 5. The van der Waals surface area contributed by atoms with Gasteiger partial charge in [-0.25, -0.2) is 4.68 Å². The van der Waals surface area contributed by atoms with E-state index in [0.29, 0.717) is 11.8 Å². The minimum atomic E-state index is 0.119. The van der Waals surface area contributed by atoms with E-state index < -0.39 is 0 Å². The molecule has 1 aliphatic carbocycles. The maximum Gasteiger partial charge on any atom is 0.225 e. The van der Waals surface area contributed by atoms with Crippen LogP contribution in [-0.4, -0.2) is 61.4 Å². The van der Waals surface area contributed by atoms with E-state index in [1.54, 1.807) is 0 Å². The quantitative estimate of drug-likeness (QED) is 0.772. The van der Waals surface area contributed by atoms with Crippen molar-refractivity contribution in [1.29, 1.82) is 0 Å². The van der Waals surface area contributed by atoms with Gasteiger partial charge in [0.1, 0.15) is 5.69 Å².